The second-order valence-corrected chi connectivity index (χ2v) is 5.65. The molecule has 0 saturated carbocycles. The number of aromatic nitrogens is 2. The summed E-state index contributed by atoms with van der Waals surface area (Å²) in [6, 6.07) is 10.8. The molecule has 3 nitrogen and oxygen atoms in total. The van der Waals surface area contributed by atoms with Crippen LogP contribution >= 0.6 is 0 Å². The van der Waals surface area contributed by atoms with Crippen LogP contribution < -0.4 is 5.73 Å². The average Bonchev–Trinajstić information content (AvgIpc) is 2.91. The van der Waals surface area contributed by atoms with Gasteiger partial charge in [-0.05, 0) is 36.5 Å². The maximum atomic E-state index is 6.02. The molecule has 0 bridgehead atoms. The van der Waals surface area contributed by atoms with E-state index in [4.69, 9.17) is 10.7 Å². The summed E-state index contributed by atoms with van der Waals surface area (Å²) in [6.07, 6.45) is 5.81. The predicted molar refractivity (Wildman–Crippen MR) is 80.6 cm³/mol. The van der Waals surface area contributed by atoms with Crippen LogP contribution in [0.4, 0.5) is 0 Å². The number of hydrogen-bond acceptors (Lipinski definition) is 3. The number of nitrogens with zero attached hydrogens (tertiary/aromatic N) is 2. The first kappa shape index (κ1) is 13.3. The van der Waals surface area contributed by atoms with Gasteiger partial charge in [0.2, 0.25) is 0 Å². The number of benzene rings is 1. The van der Waals surface area contributed by atoms with Gasteiger partial charge in [0.05, 0.1) is 0 Å². The molecule has 0 fully saturated rings. The van der Waals surface area contributed by atoms with E-state index in [1.54, 1.807) is 0 Å². The molecule has 0 aliphatic heterocycles. The van der Waals surface area contributed by atoms with Crippen LogP contribution in [0.15, 0.2) is 36.5 Å². The standard InChI is InChI=1S/C17H21N3/c1-2-15(18)11-16-7-8-19-17(20-16)14-9-12-5-3-4-6-13(12)10-14/h3-8,14-15H,2,9-11,18H2,1H3. The molecular weight excluding hydrogens is 246 g/mol. The van der Waals surface area contributed by atoms with Crippen molar-refractivity contribution in [3.05, 3.63) is 59.2 Å². The smallest absolute Gasteiger partial charge is 0.132 e. The van der Waals surface area contributed by atoms with Gasteiger partial charge in [0.25, 0.3) is 0 Å². The number of fused-ring (bicyclic) bond motifs is 1. The lowest BCUT2D eigenvalue weighted by Crippen LogP contribution is -2.22. The van der Waals surface area contributed by atoms with E-state index < -0.39 is 0 Å². The van der Waals surface area contributed by atoms with Gasteiger partial charge in [-0.15, -0.1) is 0 Å². The Morgan fingerprint density at radius 1 is 1.20 bits per heavy atom. The van der Waals surface area contributed by atoms with Crippen LogP contribution in [0.5, 0.6) is 0 Å². The fourth-order valence-electron chi connectivity index (χ4n) is 2.88. The predicted octanol–water partition coefficient (Wildman–Crippen LogP) is 2.64. The largest absolute Gasteiger partial charge is 0.327 e. The van der Waals surface area contributed by atoms with Gasteiger partial charge in [-0.1, -0.05) is 31.2 Å². The van der Waals surface area contributed by atoms with Crippen LogP contribution in [0.1, 0.15) is 41.9 Å². The van der Waals surface area contributed by atoms with Gasteiger partial charge in [-0.3, -0.25) is 0 Å². The van der Waals surface area contributed by atoms with Crippen molar-refractivity contribution >= 4 is 0 Å². The van der Waals surface area contributed by atoms with Gasteiger partial charge >= 0.3 is 0 Å². The molecule has 3 heteroatoms. The molecule has 1 aliphatic carbocycles. The molecule has 0 saturated heterocycles. The normalized spacial score (nSPS) is 16.1. The zero-order valence-electron chi connectivity index (χ0n) is 11.9. The molecule has 104 valence electrons. The van der Waals surface area contributed by atoms with Crippen LogP contribution in [0.3, 0.4) is 0 Å². The van der Waals surface area contributed by atoms with Gasteiger partial charge in [-0.25, -0.2) is 9.97 Å². The van der Waals surface area contributed by atoms with Crippen molar-refractivity contribution in [2.45, 2.75) is 44.6 Å². The second-order valence-electron chi connectivity index (χ2n) is 5.65. The highest BCUT2D eigenvalue weighted by molar-refractivity contribution is 5.35. The number of nitrogens with two attached hydrogens (primary N) is 1. The minimum absolute atomic E-state index is 0.193. The van der Waals surface area contributed by atoms with E-state index in [0.29, 0.717) is 5.92 Å². The van der Waals surface area contributed by atoms with Crippen molar-refractivity contribution in [3.8, 4) is 0 Å². The molecule has 1 unspecified atom stereocenters. The van der Waals surface area contributed by atoms with E-state index in [9.17, 15) is 0 Å². The molecule has 1 aliphatic rings. The zero-order valence-corrected chi connectivity index (χ0v) is 11.9. The molecular formula is C17H21N3. The Bertz CT molecular complexity index is 569. The Balaban J connectivity index is 1.77. The summed E-state index contributed by atoms with van der Waals surface area (Å²) in [6.45, 7) is 2.11. The molecule has 2 N–H and O–H groups in total. The van der Waals surface area contributed by atoms with Crippen molar-refractivity contribution in [2.24, 2.45) is 5.73 Å². The molecule has 1 aromatic heterocycles. The van der Waals surface area contributed by atoms with Crippen LogP contribution in [-0.2, 0) is 19.3 Å². The lowest BCUT2D eigenvalue weighted by molar-refractivity contribution is 0.620. The van der Waals surface area contributed by atoms with Crippen molar-refractivity contribution in [1.29, 1.82) is 0 Å². The van der Waals surface area contributed by atoms with Crippen molar-refractivity contribution in [3.63, 3.8) is 0 Å². The molecule has 1 heterocycles. The summed E-state index contributed by atoms with van der Waals surface area (Å²) in [5, 5.41) is 0. The van der Waals surface area contributed by atoms with E-state index in [-0.39, 0.29) is 6.04 Å². The van der Waals surface area contributed by atoms with Crippen molar-refractivity contribution in [1.82, 2.24) is 9.97 Å². The van der Waals surface area contributed by atoms with E-state index in [0.717, 1.165) is 37.2 Å². The Labute approximate surface area is 120 Å². The molecule has 3 rings (SSSR count). The maximum absolute atomic E-state index is 6.02. The number of hydrogen-bond donors (Lipinski definition) is 1. The minimum Gasteiger partial charge on any atom is -0.327 e. The van der Waals surface area contributed by atoms with Gasteiger partial charge in [0.15, 0.2) is 0 Å². The third-order valence-corrected chi connectivity index (χ3v) is 4.14. The topological polar surface area (TPSA) is 51.8 Å². The fourth-order valence-corrected chi connectivity index (χ4v) is 2.88. The van der Waals surface area contributed by atoms with Crippen LogP contribution in [0.25, 0.3) is 0 Å². The van der Waals surface area contributed by atoms with E-state index >= 15 is 0 Å². The Morgan fingerprint density at radius 2 is 1.90 bits per heavy atom. The fraction of sp³-hybridized carbons (Fsp3) is 0.412. The average molecular weight is 267 g/mol. The minimum atomic E-state index is 0.193. The van der Waals surface area contributed by atoms with Crippen LogP contribution in [-0.4, -0.2) is 16.0 Å². The molecule has 2 aromatic rings. The van der Waals surface area contributed by atoms with Crippen LogP contribution in [0, 0.1) is 0 Å². The molecule has 1 aromatic carbocycles. The van der Waals surface area contributed by atoms with Gasteiger partial charge in [0, 0.05) is 30.3 Å². The SMILES string of the molecule is CCC(N)Cc1ccnc(C2Cc3ccccc3C2)n1. The van der Waals surface area contributed by atoms with Gasteiger partial charge in [-0.2, -0.15) is 0 Å². The molecule has 0 radical (unpaired) electrons. The lowest BCUT2D eigenvalue weighted by Gasteiger charge is -2.11. The van der Waals surface area contributed by atoms with Crippen LogP contribution in [0.2, 0.25) is 0 Å². The summed E-state index contributed by atoms with van der Waals surface area (Å²) in [4.78, 5) is 9.22. The summed E-state index contributed by atoms with van der Waals surface area (Å²) in [5.74, 6) is 1.40. The third kappa shape index (κ3) is 2.73. The van der Waals surface area contributed by atoms with E-state index in [2.05, 4.69) is 36.2 Å². The number of rotatable bonds is 4. The monoisotopic (exact) mass is 267 g/mol. The second kappa shape index (κ2) is 5.71. The first-order valence-corrected chi connectivity index (χ1v) is 7.40. The quantitative estimate of drug-likeness (QED) is 0.926. The summed E-state index contributed by atoms with van der Waals surface area (Å²) in [5.41, 5.74) is 9.97. The Morgan fingerprint density at radius 3 is 2.55 bits per heavy atom. The molecule has 0 spiro atoms. The first-order chi connectivity index (χ1) is 9.76. The first-order valence-electron chi connectivity index (χ1n) is 7.40. The maximum Gasteiger partial charge on any atom is 0.132 e. The third-order valence-electron chi connectivity index (χ3n) is 4.14. The summed E-state index contributed by atoms with van der Waals surface area (Å²) < 4.78 is 0. The molecule has 20 heavy (non-hydrogen) atoms. The van der Waals surface area contributed by atoms with E-state index in [1.807, 2.05) is 12.3 Å². The summed E-state index contributed by atoms with van der Waals surface area (Å²) in [7, 11) is 0. The summed E-state index contributed by atoms with van der Waals surface area (Å²) >= 11 is 0. The highest BCUT2D eigenvalue weighted by atomic mass is 14.9. The van der Waals surface area contributed by atoms with E-state index in [1.165, 1.54) is 11.1 Å². The lowest BCUT2D eigenvalue weighted by atomic mass is 10.0. The van der Waals surface area contributed by atoms with Crippen molar-refractivity contribution in [2.75, 3.05) is 0 Å². The highest BCUT2D eigenvalue weighted by Gasteiger charge is 2.24. The van der Waals surface area contributed by atoms with Gasteiger partial charge < -0.3 is 5.73 Å². The Hall–Kier alpha value is -1.74. The van der Waals surface area contributed by atoms with Crippen molar-refractivity contribution < 1.29 is 0 Å². The van der Waals surface area contributed by atoms with Gasteiger partial charge in [0.1, 0.15) is 5.82 Å². The zero-order chi connectivity index (χ0) is 13.9. The highest BCUT2D eigenvalue weighted by Crippen LogP contribution is 2.32. The Kier molecular flexibility index (Phi) is 3.79. The molecule has 0 amide bonds. The molecule has 1 atom stereocenters.